The highest BCUT2D eigenvalue weighted by atomic mass is 35.5. The minimum Gasteiger partial charge on any atom is -0.348 e. The van der Waals surface area contributed by atoms with Gasteiger partial charge >= 0.3 is 0 Å². The van der Waals surface area contributed by atoms with Gasteiger partial charge in [-0.15, -0.1) is 0 Å². The third kappa shape index (κ3) is 3.72. The van der Waals surface area contributed by atoms with Crippen LogP contribution >= 0.6 is 23.2 Å². The Balaban J connectivity index is 2.19. The number of nitro benzene ring substituents is 1. The number of carbonyl (C=O) groups is 1. The number of amides is 1. The lowest BCUT2D eigenvalue weighted by molar-refractivity contribution is -0.385. The Labute approximate surface area is 134 Å². The van der Waals surface area contributed by atoms with Crippen molar-refractivity contribution in [3.8, 4) is 0 Å². The van der Waals surface area contributed by atoms with Gasteiger partial charge in [-0.05, 0) is 29.8 Å². The molecule has 0 unspecified atom stereocenters. The molecule has 0 aliphatic carbocycles. The molecular weight excluding hydrogens is 334 g/mol. The Bertz CT molecular complexity index is 753. The second kappa shape index (κ2) is 6.72. The van der Waals surface area contributed by atoms with Crippen LogP contribution in [0.4, 0.5) is 10.1 Å². The van der Waals surface area contributed by atoms with E-state index in [2.05, 4.69) is 5.32 Å². The van der Waals surface area contributed by atoms with Gasteiger partial charge in [0.25, 0.3) is 11.6 Å². The van der Waals surface area contributed by atoms with Crippen molar-refractivity contribution in [3.05, 3.63) is 73.5 Å². The standard InChI is InChI=1S/C14H9Cl2FN2O3/c15-9-2-1-8(12(16)5-9)7-18-14(20)11-6-10(17)3-4-13(11)19(21)22/h1-6H,7H2,(H,18,20). The predicted octanol–water partition coefficient (Wildman–Crippen LogP) is 3.97. The molecule has 0 spiro atoms. The Morgan fingerprint density at radius 1 is 1.23 bits per heavy atom. The topological polar surface area (TPSA) is 72.2 Å². The lowest BCUT2D eigenvalue weighted by atomic mass is 10.1. The number of nitrogens with zero attached hydrogens (tertiary/aromatic N) is 1. The normalized spacial score (nSPS) is 10.3. The molecule has 8 heteroatoms. The van der Waals surface area contributed by atoms with Crippen LogP contribution in [0.15, 0.2) is 36.4 Å². The largest absolute Gasteiger partial charge is 0.348 e. The lowest BCUT2D eigenvalue weighted by Gasteiger charge is -2.08. The second-order valence-corrected chi connectivity index (χ2v) is 5.18. The van der Waals surface area contributed by atoms with Gasteiger partial charge < -0.3 is 5.32 Å². The first-order chi connectivity index (χ1) is 10.4. The van der Waals surface area contributed by atoms with Gasteiger partial charge in [0.15, 0.2) is 0 Å². The zero-order chi connectivity index (χ0) is 16.3. The van der Waals surface area contributed by atoms with E-state index in [-0.39, 0.29) is 12.1 Å². The lowest BCUT2D eigenvalue weighted by Crippen LogP contribution is -2.24. The summed E-state index contributed by atoms with van der Waals surface area (Å²) in [4.78, 5) is 22.1. The summed E-state index contributed by atoms with van der Waals surface area (Å²) in [5.41, 5.74) is -0.241. The van der Waals surface area contributed by atoms with Crippen LogP contribution in [0.5, 0.6) is 0 Å². The molecule has 5 nitrogen and oxygen atoms in total. The maximum absolute atomic E-state index is 13.2. The number of halogens is 3. The maximum atomic E-state index is 13.2. The van der Waals surface area contributed by atoms with Gasteiger partial charge in [0, 0.05) is 22.7 Å². The van der Waals surface area contributed by atoms with Gasteiger partial charge in [-0.25, -0.2) is 4.39 Å². The van der Waals surface area contributed by atoms with E-state index in [1.807, 2.05) is 0 Å². The fraction of sp³-hybridized carbons (Fsp3) is 0.0714. The highest BCUT2D eigenvalue weighted by Crippen LogP contribution is 2.22. The molecule has 0 aliphatic heterocycles. The van der Waals surface area contributed by atoms with Crippen molar-refractivity contribution in [2.45, 2.75) is 6.54 Å². The molecule has 0 radical (unpaired) electrons. The zero-order valence-electron chi connectivity index (χ0n) is 11.0. The van der Waals surface area contributed by atoms with E-state index in [4.69, 9.17) is 23.2 Å². The number of nitro groups is 1. The molecule has 2 aromatic rings. The van der Waals surface area contributed by atoms with Gasteiger partial charge in [0.05, 0.1) is 4.92 Å². The second-order valence-electron chi connectivity index (χ2n) is 4.34. The molecule has 114 valence electrons. The number of benzene rings is 2. The van der Waals surface area contributed by atoms with E-state index in [9.17, 15) is 19.3 Å². The van der Waals surface area contributed by atoms with Crippen LogP contribution in [0.3, 0.4) is 0 Å². The summed E-state index contributed by atoms with van der Waals surface area (Å²) in [6.07, 6.45) is 0. The monoisotopic (exact) mass is 342 g/mol. The highest BCUT2D eigenvalue weighted by Gasteiger charge is 2.20. The van der Waals surface area contributed by atoms with Crippen LogP contribution in [0, 0.1) is 15.9 Å². The van der Waals surface area contributed by atoms with Gasteiger partial charge in [-0.1, -0.05) is 29.3 Å². The van der Waals surface area contributed by atoms with Crippen LogP contribution in [0.25, 0.3) is 0 Å². The Morgan fingerprint density at radius 2 is 1.95 bits per heavy atom. The summed E-state index contributed by atoms with van der Waals surface area (Å²) in [5.74, 6) is -1.50. The number of carbonyl (C=O) groups excluding carboxylic acids is 1. The number of hydrogen-bond donors (Lipinski definition) is 1. The van der Waals surface area contributed by atoms with Gasteiger partial charge in [-0.2, -0.15) is 0 Å². The van der Waals surface area contributed by atoms with Crippen molar-refractivity contribution in [2.24, 2.45) is 0 Å². The molecule has 1 N–H and O–H groups in total. The molecule has 0 fully saturated rings. The summed E-state index contributed by atoms with van der Waals surface area (Å²) in [7, 11) is 0. The van der Waals surface area contributed by atoms with Crippen molar-refractivity contribution in [1.29, 1.82) is 0 Å². The first kappa shape index (κ1) is 16.2. The molecule has 2 rings (SSSR count). The SMILES string of the molecule is O=C(NCc1ccc(Cl)cc1Cl)c1cc(F)ccc1[N+](=O)[O-]. The third-order valence-corrected chi connectivity index (χ3v) is 3.44. The Morgan fingerprint density at radius 3 is 2.59 bits per heavy atom. The summed E-state index contributed by atoms with van der Waals surface area (Å²) in [6.45, 7) is 0.0303. The van der Waals surface area contributed by atoms with Crippen molar-refractivity contribution < 1.29 is 14.1 Å². The molecule has 0 heterocycles. The fourth-order valence-electron chi connectivity index (χ4n) is 1.79. The predicted molar refractivity (Wildman–Crippen MR) is 80.7 cm³/mol. The number of hydrogen-bond acceptors (Lipinski definition) is 3. The number of nitrogens with one attached hydrogen (secondary N) is 1. The molecule has 1 amide bonds. The molecule has 0 aliphatic rings. The van der Waals surface area contributed by atoms with E-state index in [0.717, 1.165) is 18.2 Å². The van der Waals surface area contributed by atoms with Crippen LogP contribution in [-0.4, -0.2) is 10.8 Å². The van der Waals surface area contributed by atoms with E-state index < -0.39 is 22.3 Å². The molecule has 0 bridgehead atoms. The van der Waals surface area contributed by atoms with Crippen molar-refractivity contribution >= 4 is 34.8 Å². The van der Waals surface area contributed by atoms with Gasteiger partial charge in [0.2, 0.25) is 0 Å². The molecule has 0 saturated carbocycles. The molecule has 2 aromatic carbocycles. The minimum atomic E-state index is -0.766. The average molecular weight is 343 g/mol. The van der Waals surface area contributed by atoms with E-state index in [1.54, 1.807) is 12.1 Å². The minimum absolute atomic E-state index is 0.0303. The molecule has 0 aromatic heterocycles. The van der Waals surface area contributed by atoms with Crippen molar-refractivity contribution in [1.82, 2.24) is 5.32 Å². The maximum Gasteiger partial charge on any atom is 0.282 e. The van der Waals surface area contributed by atoms with E-state index in [0.29, 0.717) is 15.6 Å². The first-order valence-electron chi connectivity index (χ1n) is 6.04. The van der Waals surface area contributed by atoms with Crippen LogP contribution < -0.4 is 5.32 Å². The number of rotatable bonds is 4. The Kier molecular flexibility index (Phi) is 4.95. The highest BCUT2D eigenvalue weighted by molar-refractivity contribution is 6.35. The summed E-state index contributed by atoms with van der Waals surface area (Å²) < 4.78 is 13.2. The Hall–Kier alpha value is -2.18. The van der Waals surface area contributed by atoms with Crippen molar-refractivity contribution in [2.75, 3.05) is 0 Å². The first-order valence-corrected chi connectivity index (χ1v) is 6.80. The molecule has 22 heavy (non-hydrogen) atoms. The van der Waals surface area contributed by atoms with Crippen molar-refractivity contribution in [3.63, 3.8) is 0 Å². The van der Waals surface area contributed by atoms with Gasteiger partial charge in [0.1, 0.15) is 11.4 Å². The van der Waals surface area contributed by atoms with E-state index in [1.165, 1.54) is 6.07 Å². The summed E-state index contributed by atoms with van der Waals surface area (Å²) in [6, 6.07) is 7.40. The van der Waals surface area contributed by atoms with Crippen LogP contribution in [0.1, 0.15) is 15.9 Å². The molecular formula is C14H9Cl2FN2O3. The summed E-state index contributed by atoms with van der Waals surface area (Å²) in [5, 5.41) is 14.1. The summed E-state index contributed by atoms with van der Waals surface area (Å²) >= 11 is 11.7. The zero-order valence-corrected chi connectivity index (χ0v) is 12.5. The smallest absolute Gasteiger partial charge is 0.282 e. The fourth-order valence-corrected chi connectivity index (χ4v) is 2.26. The van der Waals surface area contributed by atoms with Crippen LogP contribution in [0.2, 0.25) is 10.0 Å². The van der Waals surface area contributed by atoms with Gasteiger partial charge in [-0.3, -0.25) is 14.9 Å². The third-order valence-electron chi connectivity index (χ3n) is 2.85. The quantitative estimate of drug-likeness (QED) is 0.674. The van der Waals surface area contributed by atoms with Crippen LogP contribution in [-0.2, 0) is 6.54 Å². The van der Waals surface area contributed by atoms with E-state index >= 15 is 0 Å². The molecule has 0 saturated heterocycles. The average Bonchev–Trinajstić information content (AvgIpc) is 2.45. The molecule has 0 atom stereocenters.